The molecule has 2 rings (SSSR count). The van der Waals surface area contributed by atoms with E-state index in [0.29, 0.717) is 10.0 Å². The number of hydrogen-bond acceptors (Lipinski definition) is 2. The number of benzene rings is 1. The summed E-state index contributed by atoms with van der Waals surface area (Å²) in [5.41, 5.74) is 3.44. The molecule has 0 aliphatic carbocycles. The van der Waals surface area contributed by atoms with Crippen molar-refractivity contribution >= 4 is 23.2 Å². The molecule has 106 valence electrons. The molecule has 1 atom stereocenters. The molecule has 1 aromatic heterocycles. The van der Waals surface area contributed by atoms with Crippen LogP contribution >= 0.6 is 23.2 Å². The lowest BCUT2D eigenvalue weighted by atomic mass is 9.99. The van der Waals surface area contributed by atoms with Gasteiger partial charge in [-0.2, -0.15) is 0 Å². The smallest absolute Gasteiger partial charge is 0.0595 e. The van der Waals surface area contributed by atoms with Gasteiger partial charge in [-0.15, -0.1) is 0 Å². The standard InChI is InChI=1S/C16H18Cl2N2/c1-3-19-16(10-15-11(2)5-4-8-20-15)12-6-7-13(17)14(18)9-12/h4-9,16,19H,3,10H2,1-2H3. The highest BCUT2D eigenvalue weighted by Crippen LogP contribution is 2.27. The fraction of sp³-hybridized carbons (Fsp3) is 0.312. The van der Waals surface area contributed by atoms with Crippen LogP contribution in [-0.2, 0) is 6.42 Å². The Kier molecular flexibility index (Phi) is 5.41. The monoisotopic (exact) mass is 308 g/mol. The number of pyridine rings is 1. The van der Waals surface area contributed by atoms with Crippen LogP contribution in [0.15, 0.2) is 36.5 Å². The summed E-state index contributed by atoms with van der Waals surface area (Å²) >= 11 is 12.1. The Hall–Kier alpha value is -1.09. The minimum Gasteiger partial charge on any atom is -0.310 e. The first-order valence-electron chi connectivity index (χ1n) is 6.70. The van der Waals surface area contributed by atoms with E-state index in [1.165, 1.54) is 5.56 Å². The van der Waals surface area contributed by atoms with Crippen LogP contribution in [0.3, 0.4) is 0 Å². The third-order valence-corrected chi connectivity index (χ3v) is 4.05. The molecule has 4 heteroatoms. The molecule has 1 heterocycles. The maximum Gasteiger partial charge on any atom is 0.0595 e. The number of nitrogens with one attached hydrogen (secondary N) is 1. The highest BCUT2D eigenvalue weighted by atomic mass is 35.5. The van der Waals surface area contributed by atoms with Crippen molar-refractivity contribution in [3.8, 4) is 0 Å². The molecule has 0 radical (unpaired) electrons. The third-order valence-electron chi connectivity index (χ3n) is 3.31. The van der Waals surface area contributed by atoms with Crippen molar-refractivity contribution in [3.63, 3.8) is 0 Å². The zero-order chi connectivity index (χ0) is 14.5. The van der Waals surface area contributed by atoms with Crippen molar-refractivity contribution in [3.05, 3.63) is 63.4 Å². The molecule has 0 aliphatic rings. The van der Waals surface area contributed by atoms with Gasteiger partial charge in [0.25, 0.3) is 0 Å². The molecule has 2 nitrogen and oxygen atoms in total. The summed E-state index contributed by atoms with van der Waals surface area (Å²) in [6, 6.07) is 10.0. The van der Waals surface area contributed by atoms with Gasteiger partial charge in [-0.05, 0) is 42.8 Å². The first-order chi connectivity index (χ1) is 9.61. The predicted octanol–water partition coefficient (Wildman–Crippen LogP) is 4.59. The second kappa shape index (κ2) is 7.07. The molecule has 2 aromatic rings. The van der Waals surface area contributed by atoms with E-state index in [1.807, 2.05) is 30.5 Å². The molecule has 0 saturated carbocycles. The minimum absolute atomic E-state index is 0.184. The summed E-state index contributed by atoms with van der Waals surface area (Å²) < 4.78 is 0. The molecule has 0 amide bonds. The maximum atomic E-state index is 6.12. The van der Waals surface area contributed by atoms with Gasteiger partial charge in [-0.25, -0.2) is 0 Å². The molecule has 0 aliphatic heterocycles. The van der Waals surface area contributed by atoms with Gasteiger partial charge in [-0.1, -0.05) is 42.3 Å². The largest absolute Gasteiger partial charge is 0.310 e. The fourth-order valence-electron chi connectivity index (χ4n) is 2.21. The molecular weight excluding hydrogens is 291 g/mol. The Morgan fingerprint density at radius 1 is 1.20 bits per heavy atom. The molecule has 1 aromatic carbocycles. The number of likely N-dealkylation sites (N-methyl/N-ethyl adjacent to an activating group) is 1. The van der Waals surface area contributed by atoms with E-state index in [1.54, 1.807) is 0 Å². The van der Waals surface area contributed by atoms with E-state index < -0.39 is 0 Å². The van der Waals surface area contributed by atoms with Gasteiger partial charge < -0.3 is 5.32 Å². The number of hydrogen-bond donors (Lipinski definition) is 1. The molecule has 20 heavy (non-hydrogen) atoms. The zero-order valence-corrected chi connectivity index (χ0v) is 13.2. The van der Waals surface area contributed by atoms with Crippen LogP contribution in [0.5, 0.6) is 0 Å². The summed E-state index contributed by atoms with van der Waals surface area (Å²) in [6.45, 7) is 5.06. The molecule has 0 saturated heterocycles. The minimum atomic E-state index is 0.184. The first kappa shape index (κ1) is 15.3. The second-order valence-corrected chi connectivity index (χ2v) is 5.57. The summed E-state index contributed by atoms with van der Waals surface area (Å²) in [5, 5.41) is 4.65. The van der Waals surface area contributed by atoms with Crippen LogP contribution in [0.1, 0.15) is 29.8 Å². The van der Waals surface area contributed by atoms with Gasteiger partial charge in [0.05, 0.1) is 10.0 Å². The van der Waals surface area contributed by atoms with Crippen LogP contribution in [0.2, 0.25) is 10.0 Å². The lowest BCUT2D eigenvalue weighted by molar-refractivity contribution is 0.543. The van der Waals surface area contributed by atoms with E-state index in [2.05, 4.69) is 30.2 Å². The SMILES string of the molecule is CCNC(Cc1ncccc1C)c1ccc(Cl)c(Cl)c1. The van der Waals surface area contributed by atoms with Gasteiger partial charge in [0, 0.05) is 24.4 Å². The first-order valence-corrected chi connectivity index (χ1v) is 7.46. The Labute approximate surface area is 130 Å². The van der Waals surface area contributed by atoms with Gasteiger partial charge in [0.1, 0.15) is 0 Å². The van der Waals surface area contributed by atoms with E-state index >= 15 is 0 Å². The quantitative estimate of drug-likeness (QED) is 0.874. The summed E-state index contributed by atoms with van der Waals surface area (Å²) in [7, 11) is 0. The normalized spacial score (nSPS) is 12.4. The third kappa shape index (κ3) is 3.72. The summed E-state index contributed by atoms with van der Waals surface area (Å²) in [6.07, 6.45) is 2.67. The fourth-order valence-corrected chi connectivity index (χ4v) is 2.52. The van der Waals surface area contributed by atoms with Crippen molar-refractivity contribution < 1.29 is 0 Å². The number of halogens is 2. The molecule has 1 N–H and O–H groups in total. The lowest BCUT2D eigenvalue weighted by Crippen LogP contribution is -2.23. The molecule has 0 fully saturated rings. The number of rotatable bonds is 5. The van der Waals surface area contributed by atoms with Crippen molar-refractivity contribution in [2.45, 2.75) is 26.3 Å². The number of aryl methyl sites for hydroxylation is 1. The molecule has 0 spiro atoms. The van der Waals surface area contributed by atoms with Gasteiger partial charge >= 0.3 is 0 Å². The van der Waals surface area contributed by atoms with Crippen molar-refractivity contribution in [2.75, 3.05) is 6.54 Å². The number of aromatic nitrogens is 1. The second-order valence-electron chi connectivity index (χ2n) is 4.75. The highest BCUT2D eigenvalue weighted by molar-refractivity contribution is 6.42. The van der Waals surface area contributed by atoms with E-state index in [-0.39, 0.29) is 6.04 Å². The van der Waals surface area contributed by atoms with Crippen LogP contribution < -0.4 is 5.32 Å². The van der Waals surface area contributed by atoms with E-state index in [0.717, 1.165) is 24.2 Å². The average Bonchev–Trinajstić information content (AvgIpc) is 2.44. The molecule has 0 bridgehead atoms. The molecular formula is C16H18Cl2N2. The van der Waals surface area contributed by atoms with E-state index in [4.69, 9.17) is 23.2 Å². The Morgan fingerprint density at radius 2 is 2.00 bits per heavy atom. The zero-order valence-electron chi connectivity index (χ0n) is 11.7. The number of nitrogens with zero attached hydrogens (tertiary/aromatic N) is 1. The Bertz CT molecular complexity index is 584. The van der Waals surface area contributed by atoms with Gasteiger partial charge in [-0.3, -0.25) is 4.98 Å². The van der Waals surface area contributed by atoms with Crippen LogP contribution in [0.25, 0.3) is 0 Å². The van der Waals surface area contributed by atoms with Gasteiger partial charge in [0.15, 0.2) is 0 Å². The summed E-state index contributed by atoms with van der Waals surface area (Å²) in [5.74, 6) is 0. The van der Waals surface area contributed by atoms with Crippen molar-refractivity contribution in [2.24, 2.45) is 0 Å². The van der Waals surface area contributed by atoms with Crippen LogP contribution in [0.4, 0.5) is 0 Å². The van der Waals surface area contributed by atoms with Gasteiger partial charge in [0.2, 0.25) is 0 Å². The maximum absolute atomic E-state index is 6.12. The molecule has 1 unspecified atom stereocenters. The van der Waals surface area contributed by atoms with Crippen molar-refractivity contribution in [1.82, 2.24) is 10.3 Å². The Balaban J connectivity index is 2.27. The predicted molar refractivity (Wildman–Crippen MR) is 85.6 cm³/mol. The van der Waals surface area contributed by atoms with Crippen LogP contribution in [0, 0.1) is 6.92 Å². The van der Waals surface area contributed by atoms with Crippen molar-refractivity contribution in [1.29, 1.82) is 0 Å². The van der Waals surface area contributed by atoms with Crippen LogP contribution in [-0.4, -0.2) is 11.5 Å². The average molecular weight is 309 g/mol. The lowest BCUT2D eigenvalue weighted by Gasteiger charge is -2.19. The topological polar surface area (TPSA) is 24.9 Å². The Morgan fingerprint density at radius 3 is 2.65 bits per heavy atom. The van der Waals surface area contributed by atoms with E-state index in [9.17, 15) is 0 Å². The summed E-state index contributed by atoms with van der Waals surface area (Å²) in [4.78, 5) is 4.47. The highest BCUT2D eigenvalue weighted by Gasteiger charge is 2.14.